The summed E-state index contributed by atoms with van der Waals surface area (Å²) in [6.45, 7) is 9.05. The van der Waals surface area contributed by atoms with E-state index in [0.29, 0.717) is 44.7 Å². The summed E-state index contributed by atoms with van der Waals surface area (Å²) in [5.41, 5.74) is -5.64. The molecule has 9 nitrogen and oxygen atoms in total. The number of allylic oxidation sites excluding steroid dienone is 4. The van der Waals surface area contributed by atoms with E-state index in [1.165, 1.54) is 12.2 Å². The average molecular weight is 552 g/mol. The third-order valence-corrected chi connectivity index (χ3v) is 9.93. The Morgan fingerprint density at radius 1 is 1.13 bits per heavy atom. The van der Waals surface area contributed by atoms with Crippen molar-refractivity contribution < 1.29 is 47.9 Å². The van der Waals surface area contributed by atoms with E-state index in [-0.39, 0.29) is 25.4 Å². The molecule has 4 aliphatic carbocycles. The predicted molar refractivity (Wildman–Crippen MR) is 137 cm³/mol. The Labute approximate surface area is 228 Å². The maximum absolute atomic E-state index is 17.2. The van der Waals surface area contributed by atoms with Crippen LogP contribution in [0.15, 0.2) is 23.8 Å². The number of carbonyl (C=O) groups excluding carboxylic acids is 3. The minimum atomic E-state index is -2.06. The van der Waals surface area contributed by atoms with Crippen LogP contribution in [0.25, 0.3) is 0 Å². The van der Waals surface area contributed by atoms with Crippen LogP contribution in [0.1, 0.15) is 46.5 Å². The summed E-state index contributed by atoms with van der Waals surface area (Å²) in [5, 5.41) is 23.3. The molecule has 0 spiro atoms. The SMILES string of the molecule is [CH2]COCCOCCOC(=O)OCC(=O)[C@@]1(O)[C@H](C)C[C@H]2[C@@H]3CCC4=CC(=O)C=C[C@]4(C)[C@@]3(F)[C@@H](O)C[C@@]21C. The molecule has 4 aliphatic rings. The standard InChI is InChI=1S/C29H40FO9/c1-5-36-10-11-37-12-13-38-25(34)39-17-24(33)29(35)18(2)14-22-21-7-6-19-15-20(31)8-9-26(19,3)28(21,30)23(32)16-27(22,29)4/h8-9,15,18,21-23,32,35H,1,5-7,10-14,16-17H2,2-4H3/t18-,21+,22+,23+,26+,27+,28+,29+/m1/s1. The van der Waals surface area contributed by atoms with Gasteiger partial charge in [0.2, 0.25) is 5.78 Å². The fourth-order valence-corrected chi connectivity index (χ4v) is 7.92. The normalized spacial score (nSPS) is 40.8. The highest BCUT2D eigenvalue weighted by molar-refractivity contribution is 6.01. The zero-order chi connectivity index (χ0) is 28.6. The molecule has 0 saturated heterocycles. The molecule has 0 aromatic rings. The summed E-state index contributed by atoms with van der Waals surface area (Å²) in [5.74, 6) is -2.50. The van der Waals surface area contributed by atoms with Gasteiger partial charge >= 0.3 is 6.16 Å². The Bertz CT molecular complexity index is 1040. The quantitative estimate of drug-likeness (QED) is 0.311. The van der Waals surface area contributed by atoms with Crippen molar-refractivity contribution in [2.24, 2.45) is 28.6 Å². The number of aliphatic hydroxyl groups excluding tert-OH is 1. The maximum atomic E-state index is 17.2. The van der Waals surface area contributed by atoms with Crippen LogP contribution in [0, 0.1) is 35.5 Å². The molecule has 0 heterocycles. The number of carbonyl (C=O) groups is 3. The first-order valence-corrected chi connectivity index (χ1v) is 13.7. The highest BCUT2D eigenvalue weighted by atomic mass is 19.1. The summed E-state index contributed by atoms with van der Waals surface area (Å²) in [4.78, 5) is 37.5. The third-order valence-electron chi connectivity index (χ3n) is 9.93. The van der Waals surface area contributed by atoms with E-state index in [0.717, 1.165) is 0 Å². The van der Waals surface area contributed by atoms with E-state index in [2.05, 4.69) is 6.92 Å². The Hall–Kier alpha value is -2.14. The van der Waals surface area contributed by atoms with Gasteiger partial charge < -0.3 is 29.2 Å². The molecule has 1 radical (unpaired) electrons. The number of alkyl halides is 1. The van der Waals surface area contributed by atoms with Crippen LogP contribution in [0.3, 0.4) is 0 Å². The van der Waals surface area contributed by atoms with Crippen LogP contribution in [0.2, 0.25) is 0 Å². The second kappa shape index (κ2) is 11.0. The first kappa shape index (κ1) is 29.8. The highest BCUT2D eigenvalue weighted by Crippen LogP contribution is 2.70. The molecule has 0 unspecified atom stereocenters. The molecule has 8 atom stereocenters. The van der Waals surface area contributed by atoms with Crippen LogP contribution >= 0.6 is 0 Å². The molecule has 10 heteroatoms. The van der Waals surface area contributed by atoms with Gasteiger partial charge in [-0.05, 0) is 63.5 Å². The van der Waals surface area contributed by atoms with Gasteiger partial charge in [-0.15, -0.1) is 0 Å². The number of fused-ring (bicyclic) bond motifs is 5. The number of hydrogen-bond acceptors (Lipinski definition) is 9. The number of aliphatic hydroxyl groups is 2. The first-order chi connectivity index (χ1) is 18.4. The molecule has 0 bridgehead atoms. The third kappa shape index (κ3) is 4.67. The Balaban J connectivity index is 1.44. The van der Waals surface area contributed by atoms with E-state index < -0.39 is 64.5 Å². The summed E-state index contributed by atoms with van der Waals surface area (Å²) in [6, 6.07) is 0. The van der Waals surface area contributed by atoms with Gasteiger partial charge in [0.05, 0.1) is 25.9 Å². The Morgan fingerprint density at radius 3 is 2.54 bits per heavy atom. The van der Waals surface area contributed by atoms with Gasteiger partial charge in [0.1, 0.15) is 12.2 Å². The van der Waals surface area contributed by atoms with Crippen LogP contribution < -0.4 is 0 Å². The lowest BCUT2D eigenvalue weighted by molar-refractivity contribution is -0.219. The largest absolute Gasteiger partial charge is 0.508 e. The van der Waals surface area contributed by atoms with Crippen molar-refractivity contribution in [1.82, 2.24) is 0 Å². The van der Waals surface area contributed by atoms with Crippen molar-refractivity contribution in [2.75, 3.05) is 39.6 Å². The number of rotatable bonds is 10. The summed E-state index contributed by atoms with van der Waals surface area (Å²) in [7, 11) is 0. The molecular weight excluding hydrogens is 511 g/mol. The molecule has 0 amide bonds. The number of ether oxygens (including phenoxy) is 4. The van der Waals surface area contributed by atoms with Gasteiger partial charge in [0, 0.05) is 23.4 Å². The van der Waals surface area contributed by atoms with E-state index >= 15 is 4.39 Å². The second-order valence-corrected chi connectivity index (χ2v) is 11.7. The van der Waals surface area contributed by atoms with E-state index in [4.69, 9.17) is 18.9 Å². The van der Waals surface area contributed by atoms with Crippen molar-refractivity contribution in [3.8, 4) is 0 Å². The molecule has 0 aromatic carbocycles. The number of Topliss-reactive ketones (excluding diaryl/α,β-unsaturated/α-hetero) is 1. The lowest BCUT2D eigenvalue weighted by atomic mass is 9.44. The van der Waals surface area contributed by atoms with Gasteiger partial charge in [-0.2, -0.15) is 0 Å². The maximum Gasteiger partial charge on any atom is 0.508 e. The Morgan fingerprint density at radius 2 is 1.82 bits per heavy atom. The number of hydrogen-bond donors (Lipinski definition) is 2. The van der Waals surface area contributed by atoms with Gasteiger partial charge in [-0.1, -0.05) is 25.5 Å². The zero-order valence-electron chi connectivity index (χ0n) is 22.9. The van der Waals surface area contributed by atoms with Crippen LogP contribution in [-0.2, 0) is 28.5 Å². The van der Waals surface area contributed by atoms with Gasteiger partial charge in [0.15, 0.2) is 18.1 Å². The lowest BCUT2D eigenvalue weighted by Crippen LogP contribution is -2.69. The van der Waals surface area contributed by atoms with Crippen LogP contribution in [-0.4, -0.2) is 84.9 Å². The molecule has 4 rings (SSSR count). The molecule has 3 saturated carbocycles. The van der Waals surface area contributed by atoms with E-state index in [9.17, 15) is 24.6 Å². The van der Waals surface area contributed by atoms with Crippen molar-refractivity contribution in [3.63, 3.8) is 0 Å². The predicted octanol–water partition coefficient (Wildman–Crippen LogP) is 2.92. The van der Waals surface area contributed by atoms with Gasteiger partial charge in [0.25, 0.3) is 0 Å². The smallest absolute Gasteiger partial charge is 0.432 e. The van der Waals surface area contributed by atoms with E-state index in [1.54, 1.807) is 26.8 Å². The number of halogens is 1. The van der Waals surface area contributed by atoms with Gasteiger partial charge in [-0.25, -0.2) is 9.18 Å². The lowest BCUT2D eigenvalue weighted by Gasteiger charge is -2.62. The monoisotopic (exact) mass is 551 g/mol. The van der Waals surface area contributed by atoms with Crippen molar-refractivity contribution >= 4 is 17.7 Å². The average Bonchev–Trinajstić information content (AvgIpc) is 3.09. The molecule has 0 aliphatic heterocycles. The van der Waals surface area contributed by atoms with Gasteiger partial charge in [-0.3, -0.25) is 9.59 Å². The highest BCUT2D eigenvalue weighted by Gasteiger charge is 2.75. The van der Waals surface area contributed by atoms with Crippen molar-refractivity contribution in [3.05, 3.63) is 30.7 Å². The molecule has 217 valence electrons. The summed E-state index contributed by atoms with van der Waals surface area (Å²) >= 11 is 0. The minimum Gasteiger partial charge on any atom is -0.432 e. The fraction of sp³-hybridized carbons (Fsp3) is 0.724. The molecular formula is C29H40FO9. The molecule has 0 aromatic heterocycles. The summed E-state index contributed by atoms with van der Waals surface area (Å²) in [6.07, 6.45) is 2.94. The minimum absolute atomic E-state index is 0.0838. The van der Waals surface area contributed by atoms with Crippen LogP contribution in [0.4, 0.5) is 9.18 Å². The Kier molecular flexibility index (Phi) is 8.44. The first-order valence-electron chi connectivity index (χ1n) is 13.7. The van der Waals surface area contributed by atoms with E-state index in [1.807, 2.05) is 0 Å². The molecule has 39 heavy (non-hydrogen) atoms. The second-order valence-electron chi connectivity index (χ2n) is 11.7. The zero-order valence-corrected chi connectivity index (χ0v) is 22.9. The van der Waals surface area contributed by atoms with Crippen molar-refractivity contribution in [1.29, 1.82) is 0 Å². The topological polar surface area (TPSA) is 129 Å². The van der Waals surface area contributed by atoms with Crippen LogP contribution in [0.5, 0.6) is 0 Å². The molecule has 2 N–H and O–H groups in total. The van der Waals surface area contributed by atoms with Crippen molar-refractivity contribution in [2.45, 2.75) is 63.8 Å². The summed E-state index contributed by atoms with van der Waals surface area (Å²) < 4.78 is 37.4. The number of ketones is 2. The molecule has 3 fully saturated rings. The fourth-order valence-electron chi connectivity index (χ4n) is 7.92.